The molecule has 1 aromatic heterocycles. The van der Waals surface area contributed by atoms with Crippen molar-refractivity contribution in [3.05, 3.63) is 29.5 Å². The molecule has 20 heavy (non-hydrogen) atoms. The molecule has 2 N–H and O–H groups in total. The molecule has 0 saturated heterocycles. The van der Waals surface area contributed by atoms with Crippen LogP contribution in [0.1, 0.15) is 0 Å². The summed E-state index contributed by atoms with van der Waals surface area (Å²) in [6, 6.07) is 7.48. The minimum atomic E-state index is -0.127. The minimum Gasteiger partial charge on any atom is -0.368 e. The first-order chi connectivity index (χ1) is 9.58. The number of halogens is 1. The number of anilines is 1. The molecule has 6 nitrogen and oxygen atoms in total. The quantitative estimate of drug-likeness (QED) is 0.668. The molecule has 2 amide bonds. The number of carbonyl (C=O) groups is 1. The van der Waals surface area contributed by atoms with E-state index in [2.05, 4.69) is 20.6 Å². The van der Waals surface area contributed by atoms with Crippen LogP contribution in [0.2, 0.25) is 5.28 Å². The van der Waals surface area contributed by atoms with Crippen molar-refractivity contribution >= 4 is 34.4 Å². The van der Waals surface area contributed by atoms with Crippen molar-refractivity contribution in [1.29, 1.82) is 0 Å². The summed E-state index contributed by atoms with van der Waals surface area (Å²) in [5.74, 6) is 0.666. The molecular formula is C13H16ClN5O. The SMILES string of the molecule is CN(C)C(=O)NCCNc1nc(Cl)nc2ccccc12. The van der Waals surface area contributed by atoms with Gasteiger partial charge in [-0.1, -0.05) is 12.1 Å². The normalized spacial score (nSPS) is 10.3. The molecule has 7 heteroatoms. The monoisotopic (exact) mass is 293 g/mol. The van der Waals surface area contributed by atoms with E-state index in [0.29, 0.717) is 18.9 Å². The number of carbonyl (C=O) groups excluding carboxylic acids is 1. The zero-order valence-electron chi connectivity index (χ0n) is 11.4. The maximum Gasteiger partial charge on any atom is 0.316 e. The van der Waals surface area contributed by atoms with Gasteiger partial charge >= 0.3 is 6.03 Å². The smallest absolute Gasteiger partial charge is 0.316 e. The number of aromatic nitrogens is 2. The molecule has 106 valence electrons. The number of nitrogens with one attached hydrogen (secondary N) is 2. The lowest BCUT2D eigenvalue weighted by Gasteiger charge is -2.13. The van der Waals surface area contributed by atoms with Crippen LogP contribution < -0.4 is 10.6 Å². The summed E-state index contributed by atoms with van der Waals surface area (Å²) in [4.78, 5) is 21.2. The highest BCUT2D eigenvalue weighted by molar-refractivity contribution is 6.28. The van der Waals surface area contributed by atoms with Crippen LogP contribution in [0.4, 0.5) is 10.6 Å². The van der Waals surface area contributed by atoms with E-state index in [4.69, 9.17) is 11.6 Å². The van der Waals surface area contributed by atoms with Gasteiger partial charge in [-0.05, 0) is 23.7 Å². The number of hydrogen-bond donors (Lipinski definition) is 2. The Morgan fingerprint density at radius 2 is 2.00 bits per heavy atom. The Hall–Kier alpha value is -2.08. The van der Waals surface area contributed by atoms with Gasteiger partial charge in [-0.2, -0.15) is 0 Å². The van der Waals surface area contributed by atoms with Gasteiger partial charge in [-0.25, -0.2) is 14.8 Å². The van der Waals surface area contributed by atoms with E-state index in [0.717, 1.165) is 10.9 Å². The standard InChI is InChI=1S/C13H16ClN5O/c1-19(2)13(20)16-8-7-15-11-9-5-3-4-6-10(9)17-12(14)18-11/h3-6H,7-8H2,1-2H3,(H,16,20)(H,15,17,18). The predicted molar refractivity (Wildman–Crippen MR) is 80.1 cm³/mol. The summed E-state index contributed by atoms with van der Waals surface area (Å²) in [6.07, 6.45) is 0. The molecule has 0 saturated carbocycles. The zero-order valence-corrected chi connectivity index (χ0v) is 12.1. The molecule has 0 unspecified atom stereocenters. The lowest BCUT2D eigenvalue weighted by molar-refractivity contribution is 0.218. The van der Waals surface area contributed by atoms with Crippen molar-refractivity contribution in [2.75, 3.05) is 32.5 Å². The summed E-state index contributed by atoms with van der Waals surface area (Å²) in [5, 5.41) is 7.01. The van der Waals surface area contributed by atoms with Crippen molar-refractivity contribution < 1.29 is 4.79 Å². The van der Waals surface area contributed by atoms with Crippen molar-refractivity contribution in [3.63, 3.8) is 0 Å². The van der Waals surface area contributed by atoms with Crippen molar-refractivity contribution in [2.24, 2.45) is 0 Å². The van der Waals surface area contributed by atoms with Gasteiger partial charge in [-0.3, -0.25) is 0 Å². The van der Waals surface area contributed by atoms with Crippen molar-refractivity contribution in [1.82, 2.24) is 20.2 Å². The molecule has 0 aliphatic heterocycles. The van der Waals surface area contributed by atoms with Crippen LogP contribution in [0.5, 0.6) is 0 Å². The maximum absolute atomic E-state index is 11.4. The zero-order chi connectivity index (χ0) is 14.5. The lowest BCUT2D eigenvalue weighted by Crippen LogP contribution is -2.37. The molecule has 1 aromatic carbocycles. The third-order valence-electron chi connectivity index (χ3n) is 2.68. The van der Waals surface area contributed by atoms with Gasteiger partial charge in [-0.15, -0.1) is 0 Å². The summed E-state index contributed by atoms with van der Waals surface area (Å²) >= 11 is 5.89. The third-order valence-corrected chi connectivity index (χ3v) is 2.84. The Labute approximate surface area is 122 Å². The molecule has 0 aliphatic carbocycles. The summed E-state index contributed by atoms with van der Waals surface area (Å²) in [7, 11) is 3.39. The van der Waals surface area contributed by atoms with Crippen LogP contribution in [0.25, 0.3) is 10.9 Å². The van der Waals surface area contributed by atoms with Gasteiger partial charge in [0.1, 0.15) is 5.82 Å². The van der Waals surface area contributed by atoms with Gasteiger partial charge in [0.15, 0.2) is 0 Å². The number of hydrogen-bond acceptors (Lipinski definition) is 4. The summed E-state index contributed by atoms with van der Waals surface area (Å²) in [5.41, 5.74) is 0.785. The van der Waals surface area contributed by atoms with Crippen LogP contribution in [0.15, 0.2) is 24.3 Å². The van der Waals surface area contributed by atoms with Crippen molar-refractivity contribution in [2.45, 2.75) is 0 Å². The van der Waals surface area contributed by atoms with E-state index in [1.807, 2.05) is 24.3 Å². The molecule has 1 heterocycles. The summed E-state index contributed by atoms with van der Waals surface area (Å²) < 4.78 is 0. The Morgan fingerprint density at radius 1 is 1.25 bits per heavy atom. The molecule has 0 spiro atoms. The first-order valence-corrected chi connectivity index (χ1v) is 6.57. The highest BCUT2D eigenvalue weighted by atomic mass is 35.5. The number of benzene rings is 1. The first kappa shape index (κ1) is 14.3. The molecule has 0 aliphatic rings. The Morgan fingerprint density at radius 3 is 2.75 bits per heavy atom. The minimum absolute atomic E-state index is 0.127. The fourth-order valence-electron chi connectivity index (χ4n) is 1.69. The largest absolute Gasteiger partial charge is 0.368 e. The average molecular weight is 294 g/mol. The van der Waals surface area contributed by atoms with Gasteiger partial charge in [0.2, 0.25) is 5.28 Å². The number of nitrogens with zero attached hydrogens (tertiary/aromatic N) is 3. The maximum atomic E-state index is 11.4. The lowest BCUT2D eigenvalue weighted by atomic mass is 10.2. The molecule has 0 bridgehead atoms. The van der Waals surface area contributed by atoms with E-state index in [1.165, 1.54) is 4.90 Å². The van der Waals surface area contributed by atoms with Crippen molar-refractivity contribution in [3.8, 4) is 0 Å². The molecule has 0 fully saturated rings. The Bertz CT molecular complexity index is 617. The van der Waals surface area contributed by atoms with Crippen LogP contribution in [-0.4, -0.2) is 48.1 Å². The number of amides is 2. The number of urea groups is 1. The van der Waals surface area contributed by atoms with E-state index >= 15 is 0 Å². The molecule has 2 rings (SSSR count). The second-order valence-electron chi connectivity index (χ2n) is 4.41. The van der Waals surface area contributed by atoms with Gasteiger partial charge < -0.3 is 15.5 Å². The molecule has 2 aromatic rings. The average Bonchev–Trinajstić information content (AvgIpc) is 2.42. The second kappa shape index (κ2) is 6.38. The van der Waals surface area contributed by atoms with Crippen LogP contribution in [0.3, 0.4) is 0 Å². The Balaban J connectivity index is 2.01. The van der Waals surface area contributed by atoms with Gasteiger partial charge in [0.25, 0.3) is 0 Å². The fraction of sp³-hybridized carbons (Fsp3) is 0.308. The molecule has 0 atom stereocenters. The summed E-state index contributed by atoms with van der Waals surface area (Å²) in [6.45, 7) is 1.05. The second-order valence-corrected chi connectivity index (χ2v) is 4.75. The van der Waals surface area contributed by atoms with Gasteiger partial charge in [0, 0.05) is 32.6 Å². The van der Waals surface area contributed by atoms with E-state index < -0.39 is 0 Å². The Kier molecular flexibility index (Phi) is 4.57. The topological polar surface area (TPSA) is 70.2 Å². The van der Waals surface area contributed by atoms with Crippen LogP contribution in [-0.2, 0) is 0 Å². The fourth-order valence-corrected chi connectivity index (χ4v) is 1.87. The van der Waals surface area contributed by atoms with E-state index in [-0.39, 0.29) is 11.3 Å². The molecular weight excluding hydrogens is 278 g/mol. The number of fused-ring (bicyclic) bond motifs is 1. The number of para-hydroxylation sites is 1. The van der Waals surface area contributed by atoms with E-state index in [9.17, 15) is 4.79 Å². The first-order valence-electron chi connectivity index (χ1n) is 6.19. The van der Waals surface area contributed by atoms with Gasteiger partial charge in [0.05, 0.1) is 5.52 Å². The van der Waals surface area contributed by atoms with Crippen LogP contribution >= 0.6 is 11.6 Å². The third kappa shape index (κ3) is 3.48. The highest BCUT2D eigenvalue weighted by Gasteiger charge is 2.06. The molecule has 0 radical (unpaired) electrons. The van der Waals surface area contributed by atoms with Crippen LogP contribution in [0, 0.1) is 0 Å². The number of rotatable bonds is 4. The predicted octanol–water partition coefficient (Wildman–Crippen LogP) is 1.97. The van der Waals surface area contributed by atoms with E-state index in [1.54, 1.807) is 14.1 Å². The highest BCUT2D eigenvalue weighted by Crippen LogP contribution is 2.21.